The van der Waals surface area contributed by atoms with E-state index in [9.17, 15) is 0 Å². The van der Waals surface area contributed by atoms with Crippen LogP contribution < -0.4 is 0 Å². The summed E-state index contributed by atoms with van der Waals surface area (Å²) in [5.41, 5.74) is 2.17. The van der Waals surface area contributed by atoms with Gasteiger partial charge in [-0.1, -0.05) is 6.07 Å². The number of rotatable bonds is 2. The molecule has 0 aliphatic heterocycles. The molecule has 0 fully saturated rings. The van der Waals surface area contributed by atoms with Gasteiger partial charge in [0.1, 0.15) is 0 Å². The summed E-state index contributed by atoms with van der Waals surface area (Å²) < 4.78 is 0. The molecule has 0 N–H and O–H groups in total. The van der Waals surface area contributed by atoms with Crippen LogP contribution in [0.25, 0.3) is 4.85 Å². The van der Waals surface area contributed by atoms with Crippen molar-refractivity contribution in [2.45, 2.75) is 13.3 Å². The molecule has 0 unspecified atom stereocenters. The predicted molar refractivity (Wildman–Crippen MR) is 44.1 cm³/mol. The van der Waals surface area contributed by atoms with Crippen molar-refractivity contribution >= 4 is 0 Å². The van der Waals surface area contributed by atoms with Gasteiger partial charge in [0.25, 0.3) is 0 Å². The summed E-state index contributed by atoms with van der Waals surface area (Å²) in [6.07, 6.45) is 2.60. The first-order chi connectivity index (χ1) is 5.33. The van der Waals surface area contributed by atoms with Crippen LogP contribution in [0.2, 0.25) is 0 Å². The van der Waals surface area contributed by atoms with E-state index in [4.69, 9.17) is 6.57 Å². The Bertz CT molecular complexity index is 256. The number of hydrogen-bond donors (Lipinski definition) is 0. The van der Waals surface area contributed by atoms with E-state index in [-0.39, 0.29) is 0 Å². The fourth-order valence-electron chi connectivity index (χ4n) is 0.817. The molecular weight excluding hydrogens is 136 g/mol. The average molecular weight is 146 g/mol. The molecule has 0 spiro atoms. The molecule has 1 heterocycles. The lowest BCUT2D eigenvalue weighted by molar-refractivity contribution is 0.993. The maximum Gasteiger partial charge on any atom is 0.220 e. The van der Waals surface area contributed by atoms with Crippen LogP contribution in [0.15, 0.2) is 18.3 Å². The highest BCUT2D eigenvalue weighted by molar-refractivity contribution is 5.12. The average Bonchev–Trinajstić information content (AvgIpc) is 2.04. The maximum absolute atomic E-state index is 6.59. The van der Waals surface area contributed by atoms with Crippen molar-refractivity contribution in [2.75, 3.05) is 6.54 Å². The maximum atomic E-state index is 6.59. The van der Waals surface area contributed by atoms with E-state index >= 15 is 0 Å². The topological polar surface area (TPSA) is 17.2 Å². The fourth-order valence-corrected chi connectivity index (χ4v) is 0.817. The van der Waals surface area contributed by atoms with Crippen molar-refractivity contribution in [3.05, 3.63) is 41.0 Å². The largest absolute Gasteiger partial charge is 0.317 e. The summed E-state index contributed by atoms with van der Waals surface area (Å²) in [4.78, 5) is 7.44. The molecule has 0 bridgehead atoms. The lowest BCUT2D eigenvalue weighted by atomic mass is 10.2. The highest BCUT2D eigenvalue weighted by Crippen LogP contribution is 1.98. The van der Waals surface area contributed by atoms with Crippen LogP contribution in [0.1, 0.15) is 11.3 Å². The number of aromatic nitrogens is 1. The van der Waals surface area contributed by atoms with Gasteiger partial charge in [0.2, 0.25) is 6.54 Å². The minimum atomic E-state index is 0.538. The molecule has 0 aliphatic carbocycles. The van der Waals surface area contributed by atoms with Gasteiger partial charge >= 0.3 is 0 Å². The molecule has 2 nitrogen and oxygen atoms in total. The Morgan fingerprint density at radius 3 is 2.91 bits per heavy atom. The molecule has 11 heavy (non-hydrogen) atoms. The summed E-state index contributed by atoms with van der Waals surface area (Å²) in [5.74, 6) is 0. The van der Waals surface area contributed by atoms with E-state index in [1.54, 1.807) is 0 Å². The third kappa shape index (κ3) is 2.38. The summed E-state index contributed by atoms with van der Waals surface area (Å²) in [7, 11) is 0. The molecule has 1 aromatic rings. The van der Waals surface area contributed by atoms with Gasteiger partial charge in [-0.15, -0.1) is 0 Å². The van der Waals surface area contributed by atoms with Crippen LogP contribution in [-0.4, -0.2) is 11.5 Å². The first-order valence-corrected chi connectivity index (χ1v) is 3.57. The van der Waals surface area contributed by atoms with E-state index in [1.807, 2.05) is 25.3 Å². The molecule has 1 aromatic heterocycles. The number of nitrogens with zero attached hydrogens (tertiary/aromatic N) is 2. The molecule has 56 valence electrons. The van der Waals surface area contributed by atoms with Crippen molar-refractivity contribution in [3.8, 4) is 0 Å². The Balaban J connectivity index is 2.60. The summed E-state index contributed by atoms with van der Waals surface area (Å²) >= 11 is 0. The molecule has 2 heteroatoms. The Labute approximate surface area is 66.7 Å². The molecule has 0 amide bonds. The SMILES string of the molecule is [C-]#[N+]CCc1ccc(C)cn1. The van der Waals surface area contributed by atoms with Crippen LogP contribution in [-0.2, 0) is 6.42 Å². The highest BCUT2D eigenvalue weighted by atomic mass is 14.7. The zero-order valence-electron chi connectivity index (χ0n) is 6.54. The highest BCUT2D eigenvalue weighted by Gasteiger charge is 1.94. The minimum Gasteiger partial charge on any atom is -0.317 e. The van der Waals surface area contributed by atoms with E-state index < -0.39 is 0 Å². The summed E-state index contributed by atoms with van der Waals surface area (Å²) in [6.45, 7) is 9.13. The Hall–Kier alpha value is -1.36. The summed E-state index contributed by atoms with van der Waals surface area (Å²) in [5, 5.41) is 0. The van der Waals surface area contributed by atoms with Crippen LogP contribution >= 0.6 is 0 Å². The molecule has 0 saturated carbocycles. The Morgan fingerprint density at radius 2 is 2.36 bits per heavy atom. The zero-order valence-corrected chi connectivity index (χ0v) is 6.54. The first-order valence-electron chi connectivity index (χ1n) is 3.57. The van der Waals surface area contributed by atoms with Crippen molar-refractivity contribution in [3.63, 3.8) is 0 Å². The second kappa shape index (κ2) is 3.72. The van der Waals surface area contributed by atoms with Gasteiger partial charge in [0.05, 0.1) is 6.42 Å². The lowest BCUT2D eigenvalue weighted by Gasteiger charge is -1.94. The zero-order chi connectivity index (χ0) is 8.10. The van der Waals surface area contributed by atoms with Gasteiger partial charge in [0.15, 0.2) is 0 Å². The molecule has 0 atom stereocenters. The van der Waals surface area contributed by atoms with Crippen molar-refractivity contribution in [1.82, 2.24) is 4.98 Å². The third-order valence-electron chi connectivity index (χ3n) is 1.45. The van der Waals surface area contributed by atoms with Crippen molar-refractivity contribution in [2.24, 2.45) is 0 Å². The van der Waals surface area contributed by atoms with Gasteiger partial charge in [-0.05, 0) is 18.6 Å². The molecule has 0 radical (unpaired) electrons. The Kier molecular flexibility index (Phi) is 2.62. The first kappa shape index (κ1) is 7.74. The minimum absolute atomic E-state index is 0.538. The Morgan fingerprint density at radius 1 is 1.55 bits per heavy atom. The predicted octanol–water partition coefficient (Wildman–Crippen LogP) is 1.85. The van der Waals surface area contributed by atoms with Gasteiger partial charge in [0, 0.05) is 11.9 Å². The fraction of sp³-hybridized carbons (Fsp3) is 0.333. The molecule has 0 aliphatic rings. The third-order valence-corrected chi connectivity index (χ3v) is 1.45. The van der Waals surface area contributed by atoms with Crippen LogP contribution in [0.5, 0.6) is 0 Å². The second-order valence-electron chi connectivity index (χ2n) is 2.46. The van der Waals surface area contributed by atoms with Crippen molar-refractivity contribution < 1.29 is 0 Å². The van der Waals surface area contributed by atoms with Gasteiger partial charge < -0.3 is 4.85 Å². The number of aryl methyl sites for hydroxylation is 1. The quantitative estimate of drug-likeness (QED) is 0.582. The molecule has 0 saturated heterocycles. The van der Waals surface area contributed by atoms with Gasteiger partial charge in [-0.2, -0.15) is 0 Å². The standard InChI is InChI=1S/C9H10N2/c1-8-3-4-9(11-7-8)5-6-10-2/h3-4,7H,5-6H2,1H3. The van der Waals surface area contributed by atoms with E-state index in [0.717, 1.165) is 17.7 Å². The van der Waals surface area contributed by atoms with E-state index in [1.165, 1.54) is 0 Å². The van der Waals surface area contributed by atoms with Crippen LogP contribution in [0.3, 0.4) is 0 Å². The van der Waals surface area contributed by atoms with E-state index in [0.29, 0.717) is 6.54 Å². The molecular formula is C9H10N2. The second-order valence-corrected chi connectivity index (χ2v) is 2.46. The molecule has 1 rings (SSSR count). The normalized spacial score (nSPS) is 9.09. The summed E-state index contributed by atoms with van der Waals surface area (Å²) in [6, 6.07) is 3.99. The lowest BCUT2D eigenvalue weighted by Crippen LogP contribution is -1.91. The van der Waals surface area contributed by atoms with Crippen LogP contribution in [0.4, 0.5) is 0 Å². The van der Waals surface area contributed by atoms with Gasteiger partial charge in [-0.3, -0.25) is 4.98 Å². The smallest absolute Gasteiger partial charge is 0.220 e. The van der Waals surface area contributed by atoms with Crippen LogP contribution in [0, 0.1) is 13.5 Å². The monoisotopic (exact) mass is 146 g/mol. The van der Waals surface area contributed by atoms with Gasteiger partial charge in [-0.25, -0.2) is 6.57 Å². The van der Waals surface area contributed by atoms with E-state index in [2.05, 4.69) is 9.83 Å². The molecule has 0 aromatic carbocycles. The number of hydrogen-bond acceptors (Lipinski definition) is 1. The van der Waals surface area contributed by atoms with Crippen molar-refractivity contribution in [1.29, 1.82) is 0 Å². The number of pyridine rings is 1.